The second-order valence-electron chi connectivity index (χ2n) is 15.2. The number of benzene rings is 1. The number of aryl methyl sites for hydroxylation is 2. The van der Waals surface area contributed by atoms with Crippen molar-refractivity contribution in [3.63, 3.8) is 0 Å². The van der Waals surface area contributed by atoms with Gasteiger partial charge in [0.2, 0.25) is 27.7 Å². The highest BCUT2D eigenvalue weighted by Gasteiger charge is 2.63. The highest BCUT2D eigenvalue weighted by atomic mass is 32.2. The number of rotatable bonds is 8. The first-order valence-electron chi connectivity index (χ1n) is 18.8. The van der Waals surface area contributed by atoms with Crippen molar-refractivity contribution >= 4 is 44.7 Å². The Morgan fingerprint density at radius 3 is 2.64 bits per heavy atom. The molecule has 7 rings (SSSR count). The van der Waals surface area contributed by atoms with Gasteiger partial charge in [0, 0.05) is 18.5 Å². The van der Waals surface area contributed by atoms with Crippen LogP contribution in [0.3, 0.4) is 0 Å². The molecule has 1 saturated heterocycles. The number of halogens is 1. The number of nitrogens with zero attached hydrogens (tertiary/aromatic N) is 5. The van der Waals surface area contributed by atoms with Crippen molar-refractivity contribution in [2.45, 2.75) is 113 Å². The zero-order chi connectivity index (χ0) is 39.1. The van der Waals surface area contributed by atoms with Gasteiger partial charge in [-0.25, -0.2) is 27.8 Å². The van der Waals surface area contributed by atoms with Crippen LogP contribution in [0, 0.1) is 18.7 Å². The molecular weight excluding hydrogens is 732 g/mol. The Balaban J connectivity index is 1.21. The third-order valence-corrected chi connectivity index (χ3v) is 13.2. The van der Waals surface area contributed by atoms with Gasteiger partial charge in [0.05, 0.1) is 28.7 Å². The summed E-state index contributed by atoms with van der Waals surface area (Å²) in [7, 11) is -4.02. The Hall–Kier alpha value is -5.06. The molecule has 0 spiro atoms. The van der Waals surface area contributed by atoms with Crippen LogP contribution in [0.2, 0.25) is 0 Å². The molecule has 0 unspecified atom stereocenters. The van der Waals surface area contributed by atoms with Gasteiger partial charge in [0.1, 0.15) is 40.6 Å². The van der Waals surface area contributed by atoms with Crippen molar-refractivity contribution in [2.75, 3.05) is 6.54 Å². The molecule has 5 atom stereocenters. The minimum absolute atomic E-state index is 0.00846. The zero-order valence-corrected chi connectivity index (χ0v) is 31.8. The summed E-state index contributed by atoms with van der Waals surface area (Å²) in [5.41, 5.74) is -0.113. The molecule has 1 aromatic carbocycles. The molecule has 4 amide bonds. The van der Waals surface area contributed by atoms with Crippen LogP contribution < -0.4 is 20.1 Å². The minimum atomic E-state index is -4.02. The number of hydrogen-bond acceptors (Lipinski definition) is 11. The van der Waals surface area contributed by atoms with Crippen molar-refractivity contribution in [3.05, 3.63) is 65.6 Å². The standard InChI is InChI=1S/C38H45FN8O7S/c1-4-26-34(44-31-25(39)12-10-14-27(31)42-26)54-24-17-30-33(49)45-38(36(51)46-55(52,53)37(3)15-16-37)18-23(38)11-8-6-5-7-9-13-28(35(50)47(30)21-24)43-32(48)29-20-40-22(2)19-41-29/h8,10-12,14,19-20,23-24,28,30H,4-7,9,13,15-18,21H2,1-3H3,(H,43,48)(H,45,49)(H,46,51)/b11-8-/t23-,24-,28+,30+,38-/m1/s1. The summed E-state index contributed by atoms with van der Waals surface area (Å²) in [6.07, 6.45) is 10.1. The number of carbonyl (C=O) groups excluding carboxylic acids is 4. The van der Waals surface area contributed by atoms with Gasteiger partial charge in [-0.3, -0.25) is 28.9 Å². The molecule has 2 aromatic heterocycles. The van der Waals surface area contributed by atoms with Crippen LogP contribution in [0.25, 0.3) is 11.0 Å². The van der Waals surface area contributed by atoms with Gasteiger partial charge in [0.25, 0.3) is 11.8 Å². The summed E-state index contributed by atoms with van der Waals surface area (Å²) in [6.45, 7) is 5.04. The summed E-state index contributed by atoms with van der Waals surface area (Å²) in [6, 6.07) is 2.20. The number of nitrogens with one attached hydrogen (secondary N) is 3. The van der Waals surface area contributed by atoms with E-state index in [1.807, 2.05) is 19.1 Å². The van der Waals surface area contributed by atoms with Crippen LogP contribution in [0.4, 0.5) is 4.39 Å². The molecule has 4 aliphatic rings. The highest BCUT2D eigenvalue weighted by molar-refractivity contribution is 7.91. The van der Waals surface area contributed by atoms with Crippen LogP contribution in [0.15, 0.2) is 42.7 Å². The first kappa shape index (κ1) is 38.2. The van der Waals surface area contributed by atoms with Gasteiger partial charge < -0.3 is 20.3 Å². The third-order valence-electron chi connectivity index (χ3n) is 11.1. The van der Waals surface area contributed by atoms with Gasteiger partial charge in [-0.1, -0.05) is 38.0 Å². The highest BCUT2D eigenvalue weighted by Crippen LogP contribution is 2.47. The van der Waals surface area contributed by atoms with Crippen molar-refractivity contribution < 1.29 is 36.7 Å². The first-order chi connectivity index (χ1) is 26.2. The van der Waals surface area contributed by atoms with E-state index in [2.05, 4.69) is 35.3 Å². The van der Waals surface area contributed by atoms with Crippen LogP contribution in [-0.2, 0) is 30.8 Å². The van der Waals surface area contributed by atoms with Crippen LogP contribution >= 0.6 is 0 Å². The summed E-state index contributed by atoms with van der Waals surface area (Å²) >= 11 is 0. The number of amides is 4. The molecule has 3 fully saturated rings. The lowest BCUT2D eigenvalue weighted by molar-refractivity contribution is -0.141. The van der Waals surface area contributed by atoms with Gasteiger partial charge >= 0.3 is 0 Å². The average Bonchev–Trinajstić information content (AvgIpc) is 4.04. The molecule has 15 nitrogen and oxygen atoms in total. The third kappa shape index (κ3) is 7.75. The van der Waals surface area contributed by atoms with E-state index < -0.39 is 73.9 Å². The van der Waals surface area contributed by atoms with Crippen molar-refractivity contribution in [2.24, 2.45) is 5.92 Å². The molecule has 4 heterocycles. The van der Waals surface area contributed by atoms with Crippen molar-refractivity contribution in [3.8, 4) is 5.88 Å². The predicted molar refractivity (Wildman–Crippen MR) is 197 cm³/mol. The summed E-state index contributed by atoms with van der Waals surface area (Å²) in [4.78, 5) is 74.8. The molecule has 292 valence electrons. The molecule has 0 radical (unpaired) electrons. The quantitative estimate of drug-likeness (QED) is 0.284. The molecule has 3 N–H and O–H groups in total. The number of ether oxygens (including phenoxy) is 1. The lowest BCUT2D eigenvalue weighted by atomic mass is 10.0. The minimum Gasteiger partial charge on any atom is -0.471 e. The first-order valence-corrected chi connectivity index (χ1v) is 20.3. The molecule has 3 aromatic rings. The van der Waals surface area contributed by atoms with E-state index in [-0.39, 0.29) is 42.9 Å². The van der Waals surface area contributed by atoms with Crippen molar-refractivity contribution in [1.82, 2.24) is 40.2 Å². The van der Waals surface area contributed by atoms with E-state index in [9.17, 15) is 32.0 Å². The predicted octanol–water partition coefficient (Wildman–Crippen LogP) is 2.97. The molecule has 2 saturated carbocycles. The summed E-state index contributed by atoms with van der Waals surface area (Å²) in [5, 5.41) is 5.66. The number of sulfonamides is 1. The van der Waals surface area contributed by atoms with E-state index in [4.69, 9.17) is 4.74 Å². The smallest absolute Gasteiger partial charge is 0.272 e. The number of aromatic nitrogens is 4. The second-order valence-corrected chi connectivity index (χ2v) is 17.4. The number of allylic oxidation sites excluding steroid dienone is 1. The van der Waals surface area contributed by atoms with E-state index in [0.29, 0.717) is 49.0 Å². The Morgan fingerprint density at radius 1 is 1.11 bits per heavy atom. The molecule has 0 bridgehead atoms. The van der Waals surface area contributed by atoms with Gasteiger partial charge in [-0.05, 0) is 70.9 Å². The van der Waals surface area contributed by atoms with E-state index in [1.165, 1.54) is 29.4 Å². The van der Waals surface area contributed by atoms with Crippen molar-refractivity contribution in [1.29, 1.82) is 0 Å². The van der Waals surface area contributed by atoms with Gasteiger partial charge in [-0.2, -0.15) is 0 Å². The monoisotopic (exact) mass is 776 g/mol. The lowest BCUT2D eigenvalue weighted by Crippen LogP contribution is -2.58. The Morgan fingerprint density at radius 2 is 1.91 bits per heavy atom. The maximum absolute atomic E-state index is 14.8. The van der Waals surface area contributed by atoms with Gasteiger partial charge in [0.15, 0.2) is 5.82 Å². The van der Waals surface area contributed by atoms with E-state index in [0.717, 1.165) is 12.8 Å². The van der Waals surface area contributed by atoms with E-state index in [1.54, 1.807) is 19.9 Å². The zero-order valence-electron chi connectivity index (χ0n) is 31.0. The SMILES string of the molecule is CCc1nc2cccc(F)c2nc1O[C@@H]1C[C@H]2C(=O)N[C@]3(C(=O)NS(=O)(=O)C4(C)CC4)C[C@H]3/C=C\CCCCC[C@H](NC(=O)c3cnc(C)cn3)C(=O)N2C1. The van der Waals surface area contributed by atoms with E-state index >= 15 is 0 Å². The van der Waals surface area contributed by atoms with Gasteiger partial charge in [-0.15, -0.1) is 0 Å². The number of hydrogen-bond donors (Lipinski definition) is 3. The fourth-order valence-corrected chi connectivity index (χ4v) is 8.55. The second kappa shape index (κ2) is 14.9. The normalized spacial score (nSPS) is 27.1. The maximum atomic E-state index is 14.8. The Bertz CT molecular complexity index is 2160. The van der Waals surface area contributed by atoms with Crippen LogP contribution in [-0.4, -0.2) is 91.9 Å². The summed E-state index contributed by atoms with van der Waals surface area (Å²) in [5.74, 6) is -3.67. The Labute approximate surface area is 318 Å². The van der Waals surface area contributed by atoms with Crippen LogP contribution in [0.1, 0.15) is 93.5 Å². The molecule has 17 heteroatoms. The molecule has 2 aliphatic heterocycles. The molecule has 2 aliphatic carbocycles. The maximum Gasteiger partial charge on any atom is 0.272 e. The fraction of sp³-hybridized carbons (Fsp3) is 0.526. The number of carbonyl (C=O) groups is 4. The lowest BCUT2D eigenvalue weighted by Gasteiger charge is -2.30. The fourth-order valence-electron chi connectivity index (χ4n) is 7.24. The van der Waals surface area contributed by atoms with Crippen LogP contribution in [0.5, 0.6) is 5.88 Å². The average molecular weight is 777 g/mol. The number of fused-ring (bicyclic) bond motifs is 3. The molecular formula is C38H45FN8O7S. The topological polar surface area (TPSA) is 203 Å². The molecule has 55 heavy (non-hydrogen) atoms. The Kier molecular flexibility index (Phi) is 10.3. The number of para-hydroxylation sites is 1. The summed E-state index contributed by atoms with van der Waals surface area (Å²) < 4.78 is 48.6. The largest absolute Gasteiger partial charge is 0.471 e.